The number of hydrogen-bond donors (Lipinski definition) is 0. The lowest BCUT2D eigenvalue weighted by Crippen LogP contribution is -2.50. The van der Waals surface area contributed by atoms with Gasteiger partial charge in [-0.1, -0.05) is 6.92 Å². The predicted octanol–water partition coefficient (Wildman–Crippen LogP) is 2.26. The molecule has 1 fully saturated rings. The number of nitrogens with zero attached hydrogens (tertiary/aromatic N) is 4. The Morgan fingerprint density at radius 1 is 1.33 bits per heavy atom. The first-order chi connectivity index (χ1) is 8.69. The molecule has 3 heterocycles. The molecule has 0 unspecified atom stereocenters. The Bertz CT molecular complexity index is 552. The van der Waals surface area contributed by atoms with Crippen LogP contribution in [0.1, 0.15) is 32.5 Å². The van der Waals surface area contributed by atoms with E-state index in [-0.39, 0.29) is 0 Å². The summed E-state index contributed by atoms with van der Waals surface area (Å²) in [6.45, 7) is 8.90. The molecule has 2 aromatic rings. The highest BCUT2D eigenvalue weighted by Gasteiger charge is 2.30. The zero-order valence-corrected chi connectivity index (χ0v) is 11.3. The summed E-state index contributed by atoms with van der Waals surface area (Å²) in [5.41, 5.74) is 3.38. The number of rotatable bonds is 3. The lowest BCUT2D eigenvalue weighted by Gasteiger charge is -2.42. The van der Waals surface area contributed by atoms with Crippen LogP contribution >= 0.6 is 0 Å². The van der Waals surface area contributed by atoms with E-state index in [1.807, 2.05) is 12.5 Å². The summed E-state index contributed by atoms with van der Waals surface area (Å²) in [4.78, 5) is 11.3. The van der Waals surface area contributed by atoms with E-state index in [4.69, 9.17) is 0 Å². The zero-order chi connectivity index (χ0) is 12.7. The maximum absolute atomic E-state index is 4.45. The standard InChI is InChI=1S/C14H20N4/c1-4-11-5-14-13(6-15-11)16-9-18(14)12-7-17(8-12)10(2)3/h5-6,9-10,12H,4,7-8H2,1-3H3. The normalized spacial score (nSPS) is 17.6. The van der Waals surface area contributed by atoms with E-state index in [1.165, 1.54) is 5.52 Å². The lowest BCUT2D eigenvalue weighted by atomic mass is 10.1. The number of pyridine rings is 1. The van der Waals surface area contributed by atoms with Crippen LogP contribution in [0.2, 0.25) is 0 Å². The summed E-state index contributed by atoms with van der Waals surface area (Å²) in [7, 11) is 0. The molecule has 1 aliphatic heterocycles. The van der Waals surface area contributed by atoms with Crippen LogP contribution < -0.4 is 0 Å². The van der Waals surface area contributed by atoms with E-state index < -0.39 is 0 Å². The van der Waals surface area contributed by atoms with Crippen LogP contribution in [0.5, 0.6) is 0 Å². The third kappa shape index (κ3) is 1.81. The zero-order valence-electron chi connectivity index (χ0n) is 11.3. The molecule has 96 valence electrons. The average Bonchev–Trinajstić information content (AvgIpc) is 2.70. The maximum atomic E-state index is 4.45. The van der Waals surface area contributed by atoms with Gasteiger partial charge in [0.1, 0.15) is 5.52 Å². The molecule has 4 heteroatoms. The number of imidazole rings is 1. The Hall–Kier alpha value is -1.42. The first kappa shape index (κ1) is 11.7. The van der Waals surface area contributed by atoms with Crippen molar-refractivity contribution >= 4 is 11.0 Å². The second-order valence-electron chi connectivity index (χ2n) is 5.37. The maximum Gasteiger partial charge on any atom is 0.107 e. The summed E-state index contributed by atoms with van der Waals surface area (Å²) in [5.74, 6) is 0. The monoisotopic (exact) mass is 244 g/mol. The number of fused-ring (bicyclic) bond motifs is 1. The molecule has 0 spiro atoms. The van der Waals surface area contributed by atoms with Crippen LogP contribution in [0.3, 0.4) is 0 Å². The van der Waals surface area contributed by atoms with E-state index in [9.17, 15) is 0 Å². The predicted molar refractivity (Wildman–Crippen MR) is 72.7 cm³/mol. The second-order valence-corrected chi connectivity index (χ2v) is 5.37. The van der Waals surface area contributed by atoms with Gasteiger partial charge in [-0.05, 0) is 26.3 Å². The fourth-order valence-corrected chi connectivity index (χ4v) is 2.54. The van der Waals surface area contributed by atoms with Crippen molar-refractivity contribution in [3.8, 4) is 0 Å². The molecule has 0 radical (unpaired) electrons. The molecule has 0 aliphatic carbocycles. The van der Waals surface area contributed by atoms with Crippen molar-refractivity contribution < 1.29 is 0 Å². The van der Waals surface area contributed by atoms with Crippen LogP contribution in [0.15, 0.2) is 18.6 Å². The third-order valence-corrected chi connectivity index (χ3v) is 3.89. The molecule has 18 heavy (non-hydrogen) atoms. The van der Waals surface area contributed by atoms with Crippen LogP contribution in [-0.2, 0) is 6.42 Å². The largest absolute Gasteiger partial charge is 0.325 e. The van der Waals surface area contributed by atoms with Crippen LogP contribution in [-0.4, -0.2) is 38.6 Å². The van der Waals surface area contributed by atoms with Gasteiger partial charge in [-0.15, -0.1) is 0 Å². The molecule has 0 saturated carbocycles. The van der Waals surface area contributed by atoms with Gasteiger partial charge in [0.2, 0.25) is 0 Å². The van der Waals surface area contributed by atoms with Gasteiger partial charge in [0, 0.05) is 24.8 Å². The molecular formula is C14H20N4. The van der Waals surface area contributed by atoms with Gasteiger partial charge in [-0.2, -0.15) is 0 Å². The van der Waals surface area contributed by atoms with E-state index in [1.54, 1.807) is 0 Å². The highest BCUT2D eigenvalue weighted by molar-refractivity contribution is 5.74. The van der Waals surface area contributed by atoms with Crippen LogP contribution in [0.25, 0.3) is 11.0 Å². The smallest absolute Gasteiger partial charge is 0.107 e. The van der Waals surface area contributed by atoms with E-state index in [2.05, 4.69) is 46.3 Å². The van der Waals surface area contributed by atoms with E-state index >= 15 is 0 Å². The minimum absolute atomic E-state index is 0.574. The van der Waals surface area contributed by atoms with Gasteiger partial charge in [0.25, 0.3) is 0 Å². The summed E-state index contributed by atoms with van der Waals surface area (Å²) in [6, 6.07) is 3.40. The van der Waals surface area contributed by atoms with Gasteiger partial charge >= 0.3 is 0 Å². The Morgan fingerprint density at radius 3 is 2.78 bits per heavy atom. The molecule has 0 aromatic carbocycles. The van der Waals surface area contributed by atoms with E-state index in [0.29, 0.717) is 12.1 Å². The summed E-state index contributed by atoms with van der Waals surface area (Å²) < 4.78 is 2.31. The van der Waals surface area contributed by atoms with Crippen LogP contribution in [0, 0.1) is 0 Å². The quantitative estimate of drug-likeness (QED) is 0.830. The van der Waals surface area contributed by atoms with Crippen LogP contribution in [0.4, 0.5) is 0 Å². The number of aromatic nitrogens is 3. The molecule has 1 aliphatic rings. The number of hydrogen-bond acceptors (Lipinski definition) is 3. The first-order valence-corrected chi connectivity index (χ1v) is 6.74. The fraction of sp³-hybridized carbons (Fsp3) is 0.571. The molecule has 2 aromatic heterocycles. The van der Waals surface area contributed by atoms with Crippen molar-refractivity contribution in [1.29, 1.82) is 0 Å². The van der Waals surface area contributed by atoms with Gasteiger partial charge in [-0.3, -0.25) is 9.88 Å². The van der Waals surface area contributed by atoms with Crippen molar-refractivity contribution in [2.45, 2.75) is 39.3 Å². The molecule has 3 rings (SSSR count). The number of likely N-dealkylation sites (tertiary alicyclic amines) is 1. The molecule has 1 saturated heterocycles. The fourth-order valence-electron chi connectivity index (χ4n) is 2.54. The lowest BCUT2D eigenvalue weighted by molar-refractivity contribution is 0.0764. The van der Waals surface area contributed by atoms with Crippen molar-refractivity contribution in [1.82, 2.24) is 19.4 Å². The number of aryl methyl sites for hydroxylation is 1. The van der Waals surface area contributed by atoms with E-state index in [0.717, 1.165) is 30.7 Å². The molecule has 0 bridgehead atoms. The Kier molecular flexibility index (Phi) is 2.82. The molecule has 0 amide bonds. The first-order valence-electron chi connectivity index (χ1n) is 6.74. The third-order valence-electron chi connectivity index (χ3n) is 3.89. The summed E-state index contributed by atoms with van der Waals surface area (Å²) >= 11 is 0. The van der Waals surface area contributed by atoms with Gasteiger partial charge in [0.15, 0.2) is 0 Å². The highest BCUT2D eigenvalue weighted by atomic mass is 15.3. The Balaban J connectivity index is 1.89. The Morgan fingerprint density at radius 2 is 2.11 bits per heavy atom. The van der Waals surface area contributed by atoms with Gasteiger partial charge in [-0.25, -0.2) is 4.98 Å². The van der Waals surface area contributed by atoms with Gasteiger partial charge < -0.3 is 4.57 Å². The Labute approximate surface area is 108 Å². The minimum atomic E-state index is 0.574. The molecule has 0 N–H and O–H groups in total. The summed E-state index contributed by atoms with van der Waals surface area (Å²) in [5, 5.41) is 0. The van der Waals surface area contributed by atoms with Crippen molar-refractivity contribution in [3.63, 3.8) is 0 Å². The average molecular weight is 244 g/mol. The van der Waals surface area contributed by atoms with Crippen molar-refractivity contribution in [2.24, 2.45) is 0 Å². The minimum Gasteiger partial charge on any atom is -0.325 e. The molecule has 0 atom stereocenters. The van der Waals surface area contributed by atoms with Crippen molar-refractivity contribution in [3.05, 3.63) is 24.3 Å². The molecular weight excluding hydrogens is 224 g/mol. The van der Waals surface area contributed by atoms with Gasteiger partial charge in [0.05, 0.1) is 24.1 Å². The van der Waals surface area contributed by atoms with Crippen molar-refractivity contribution in [2.75, 3.05) is 13.1 Å². The SMILES string of the molecule is CCc1cc2c(cn1)ncn2C1CN(C(C)C)C1. The second kappa shape index (κ2) is 4.35. The molecule has 4 nitrogen and oxygen atoms in total. The summed E-state index contributed by atoms with van der Waals surface area (Å²) in [6.07, 6.45) is 4.83. The highest BCUT2D eigenvalue weighted by Crippen LogP contribution is 2.27. The topological polar surface area (TPSA) is 34.0 Å².